The second-order valence-corrected chi connectivity index (χ2v) is 4.98. The summed E-state index contributed by atoms with van der Waals surface area (Å²) in [6.45, 7) is 0.636. The summed E-state index contributed by atoms with van der Waals surface area (Å²) in [7, 11) is 3.00. The van der Waals surface area contributed by atoms with Gasteiger partial charge in [0.1, 0.15) is 5.54 Å². The highest BCUT2D eigenvalue weighted by molar-refractivity contribution is 7.99. The van der Waals surface area contributed by atoms with Crippen molar-refractivity contribution in [3.05, 3.63) is 35.9 Å². The third-order valence-electron chi connectivity index (χ3n) is 2.60. The van der Waals surface area contributed by atoms with Crippen LogP contribution in [0.3, 0.4) is 0 Å². The lowest BCUT2D eigenvalue weighted by Crippen LogP contribution is -2.48. The molecule has 1 aromatic rings. The molecule has 0 spiro atoms. The smallest absolute Gasteiger partial charge is 0.331 e. The van der Waals surface area contributed by atoms with E-state index in [-0.39, 0.29) is 0 Å². The Morgan fingerprint density at radius 2 is 2.00 bits per heavy atom. The number of carbonyl (C=O) groups is 1. The van der Waals surface area contributed by atoms with Gasteiger partial charge >= 0.3 is 5.97 Å². The third kappa shape index (κ3) is 3.73. The minimum atomic E-state index is -1.10. The molecule has 4 nitrogen and oxygen atoms in total. The molecule has 0 heterocycles. The minimum absolute atomic E-state index is 0.418. The lowest BCUT2D eigenvalue weighted by molar-refractivity contribution is -0.146. The van der Waals surface area contributed by atoms with Crippen LogP contribution in [0.1, 0.15) is 5.56 Å². The van der Waals surface area contributed by atoms with Crippen LogP contribution in [0, 0.1) is 0 Å². The van der Waals surface area contributed by atoms with Crippen LogP contribution in [-0.4, -0.2) is 38.3 Å². The van der Waals surface area contributed by atoms with E-state index in [2.05, 4.69) is 0 Å². The van der Waals surface area contributed by atoms with Crippen molar-refractivity contribution in [2.75, 3.05) is 32.3 Å². The molecule has 18 heavy (non-hydrogen) atoms. The molecule has 5 heteroatoms. The number of nitrogens with two attached hydrogens (primary N) is 1. The maximum atomic E-state index is 11.9. The fourth-order valence-corrected chi connectivity index (χ4v) is 2.59. The van der Waals surface area contributed by atoms with Gasteiger partial charge in [0.2, 0.25) is 0 Å². The van der Waals surface area contributed by atoms with Crippen molar-refractivity contribution in [3.8, 4) is 0 Å². The number of ether oxygens (including phenoxy) is 2. The molecule has 0 aromatic heterocycles. The molecule has 0 fully saturated rings. The van der Waals surface area contributed by atoms with Crippen molar-refractivity contribution >= 4 is 17.7 Å². The molecule has 0 saturated heterocycles. The first-order chi connectivity index (χ1) is 8.65. The zero-order valence-corrected chi connectivity index (χ0v) is 11.5. The van der Waals surface area contributed by atoms with Crippen LogP contribution >= 0.6 is 11.8 Å². The molecule has 2 N–H and O–H groups in total. The second kappa shape index (κ2) is 7.41. The van der Waals surface area contributed by atoms with Gasteiger partial charge < -0.3 is 15.2 Å². The summed E-state index contributed by atoms with van der Waals surface area (Å²) in [4.78, 5) is 11.9. The topological polar surface area (TPSA) is 61.5 Å². The highest BCUT2D eigenvalue weighted by Crippen LogP contribution is 2.24. The van der Waals surface area contributed by atoms with E-state index in [1.807, 2.05) is 30.3 Å². The summed E-state index contributed by atoms with van der Waals surface area (Å²) in [5.74, 6) is 0.838. The molecule has 0 aliphatic carbocycles. The van der Waals surface area contributed by atoms with Gasteiger partial charge in [-0.25, -0.2) is 4.79 Å². The quantitative estimate of drug-likeness (QED) is 0.599. The Balaban J connectivity index is 2.79. The molecule has 0 aliphatic rings. The number of methoxy groups -OCH3 is 2. The van der Waals surface area contributed by atoms with Crippen LogP contribution in [0.15, 0.2) is 30.3 Å². The summed E-state index contributed by atoms with van der Waals surface area (Å²) >= 11 is 1.57. The molecule has 1 rings (SSSR count). The number of benzene rings is 1. The largest absolute Gasteiger partial charge is 0.467 e. The van der Waals surface area contributed by atoms with Crippen LogP contribution in [0.4, 0.5) is 0 Å². The van der Waals surface area contributed by atoms with Gasteiger partial charge in [-0.1, -0.05) is 30.3 Å². The fraction of sp³-hybridized carbons (Fsp3) is 0.462. The fourth-order valence-electron chi connectivity index (χ4n) is 1.55. The molecule has 1 unspecified atom stereocenters. The first-order valence-corrected chi connectivity index (χ1v) is 6.80. The summed E-state index contributed by atoms with van der Waals surface area (Å²) in [6, 6.07) is 9.29. The van der Waals surface area contributed by atoms with Gasteiger partial charge in [-0.15, -0.1) is 0 Å². The van der Waals surface area contributed by atoms with Gasteiger partial charge in [-0.05, 0) is 5.56 Å². The Hall–Kier alpha value is -1.04. The maximum absolute atomic E-state index is 11.9. The van der Waals surface area contributed by atoms with Crippen LogP contribution in [0.2, 0.25) is 0 Å². The number of hydrogen-bond donors (Lipinski definition) is 1. The van der Waals surface area contributed by atoms with Crippen LogP contribution in [0.25, 0.3) is 0 Å². The molecule has 0 radical (unpaired) electrons. The van der Waals surface area contributed by atoms with Gasteiger partial charge in [-0.3, -0.25) is 0 Å². The molecule has 1 atom stereocenters. The molecule has 100 valence electrons. The molecular formula is C13H19NO3S. The van der Waals surface area contributed by atoms with E-state index in [9.17, 15) is 4.79 Å². The van der Waals surface area contributed by atoms with Crippen LogP contribution in [0.5, 0.6) is 0 Å². The van der Waals surface area contributed by atoms with Crippen molar-refractivity contribution in [1.29, 1.82) is 0 Å². The number of carbonyl (C=O) groups excluding carboxylic acids is 1. The Morgan fingerprint density at radius 1 is 1.33 bits per heavy atom. The lowest BCUT2D eigenvalue weighted by atomic mass is 9.93. The van der Waals surface area contributed by atoms with Crippen molar-refractivity contribution in [2.45, 2.75) is 5.54 Å². The normalized spacial score (nSPS) is 13.9. The lowest BCUT2D eigenvalue weighted by Gasteiger charge is -2.26. The van der Waals surface area contributed by atoms with E-state index in [4.69, 9.17) is 15.2 Å². The van der Waals surface area contributed by atoms with Gasteiger partial charge in [-0.2, -0.15) is 11.8 Å². The third-order valence-corrected chi connectivity index (χ3v) is 3.71. The van der Waals surface area contributed by atoms with Gasteiger partial charge in [0, 0.05) is 18.6 Å². The zero-order valence-electron chi connectivity index (χ0n) is 10.7. The van der Waals surface area contributed by atoms with Crippen molar-refractivity contribution in [1.82, 2.24) is 0 Å². The minimum Gasteiger partial charge on any atom is -0.467 e. The zero-order chi connectivity index (χ0) is 13.4. The van der Waals surface area contributed by atoms with Crippen molar-refractivity contribution < 1.29 is 14.3 Å². The van der Waals surface area contributed by atoms with E-state index in [0.717, 1.165) is 11.3 Å². The van der Waals surface area contributed by atoms with E-state index >= 15 is 0 Å². The molecular weight excluding hydrogens is 250 g/mol. The Labute approximate surface area is 112 Å². The van der Waals surface area contributed by atoms with Gasteiger partial charge in [0.25, 0.3) is 0 Å². The Morgan fingerprint density at radius 3 is 2.56 bits per heavy atom. The maximum Gasteiger partial charge on any atom is 0.331 e. The number of thioether (sulfide) groups is 1. The SMILES string of the molecule is COCCSCC(N)(C(=O)OC)c1ccccc1. The molecule has 0 amide bonds. The predicted octanol–water partition coefficient (Wildman–Crippen LogP) is 1.39. The first kappa shape index (κ1) is 15.0. The second-order valence-electron chi connectivity index (χ2n) is 3.87. The summed E-state index contributed by atoms with van der Waals surface area (Å²) in [5, 5.41) is 0. The Kier molecular flexibility index (Phi) is 6.18. The number of hydrogen-bond acceptors (Lipinski definition) is 5. The Bertz CT molecular complexity index is 372. The summed E-state index contributed by atoms with van der Waals surface area (Å²) < 4.78 is 9.79. The first-order valence-electron chi connectivity index (χ1n) is 5.64. The molecule has 0 bridgehead atoms. The van der Waals surface area contributed by atoms with E-state index in [1.54, 1.807) is 18.9 Å². The summed E-state index contributed by atoms with van der Waals surface area (Å²) in [6.07, 6.45) is 0. The number of esters is 1. The molecule has 1 aromatic carbocycles. The molecule has 0 saturated carbocycles. The monoisotopic (exact) mass is 269 g/mol. The van der Waals surface area contributed by atoms with E-state index in [0.29, 0.717) is 12.4 Å². The predicted molar refractivity (Wildman–Crippen MR) is 73.5 cm³/mol. The van der Waals surface area contributed by atoms with Gasteiger partial charge in [0.05, 0.1) is 13.7 Å². The van der Waals surface area contributed by atoms with Crippen molar-refractivity contribution in [2.24, 2.45) is 5.73 Å². The van der Waals surface area contributed by atoms with E-state index < -0.39 is 11.5 Å². The average molecular weight is 269 g/mol. The molecule has 0 aliphatic heterocycles. The average Bonchev–Trinajstić information content (AvgIpc) is 2.43. The van der Waals surface area contributed by atoms with Crippen LogP contribution < -0.4 is 5.73 Å². The highest BCUT2D eigenvalue weighted by atomic mass is 32.2. The standard InChI is InChI=1S/C13H19NO3S/c1-16-8-9-18-10-13(14,12(15)17-2)11-6-4-3-5-7-11/h3-7H,8-10,14H2,1-2H3. The van der Waals surface area contributed by atoms with E-state index in [1.165, 1.54) is 7.11 Å². The van der Waals surface area contributed by atoms with Crippen LogP contribution in [-0.2, 0) is 19.8 Å². The highest BCUT2D eigenvalue weighted by Gasteiger charge is 2.36. The number of rotatable bonds is 7. The van der Waals surface area contributed by atoms with Gasteiger partial charge in [0.15, 0.2) is 0 Å². The summed E-state index contributed by atoms with van der Waals surface area (Å²) in [5.41, 5.74) is 5.88. The van der Waals surface area contributed by atoms with Crippen molar-refractivity contribution in [3.63, 3.8) is 0 Å².